The van der Waals surface area contributed by atoms with Crippen molar-refractivity contribution in [2.24, 2.45) is 11.8 Å². The lowest BCUT2D eigenvalue weighted by Gasteiger charge is -2.33. The summed E-state index contributed by atoms with van der Waals surface area (Å²) in [6, 6.07) is 6.20. The van der Waals surface area contributed by atoms with E-state index in [9.17, 15) is 4.79 Å². The number of amides is 1. The van der Waals surface area contributed by atoms with E-state index in [0.717, 1.165) is 60.7 Å². The Morgan fingerprint density at radius 1 is 1.29 bits per heavy atom. The average Bonchev–Trinajstić information content (AvgIpc) is 3.44. The number of nitrogens with one attached hydrogen (secondary N) is 1. The van der Waals surface area contributed by atoms with Crippen molar-refractivity contribution in [1.29, 1.82) is 0 Å². The third kappa shape index (κ3) is 3.07. The number of aryl methyl sites for hydroxylation is 1. The monoisotopic (exact) mass is 324 g/mol. The van der Waals surface area contributed by atoms with Gasteiger partial charge in [-0.05, 0) is 50.2 Å². The van der Waals surface area contributed by atoms with Crippen LogP contribution in [0, 0.1) is 18.8 Å². The van der Waals surface area contributed by atoms with Crippen LogP contribution in [0.15, 0.2) is 24.5 Å². The second-order valence-electron chi connectivity index (χ2n) is 7.14. The molecule has 0 bridgehead atoms. The van der Waals surface area contributed by atoms with Gasteiger partial charge in [-0.1, -0.05) is 12.1 Å². The maximum absolute atomic E-state index is 12.5. The molecule has 0 spiro atoms. The highest BCUT2D eigenvalue weighted by molar-refractivity contribution is 5.91. The minimum Gasteiger partial charge on any atom is -0.356 e. The molecule has 2 heterocycles. The number of hydrogen-bond acceptors (Lipinski definition) is 4. The highest BCUT2D eigenvalue weighted by Gasteiger charge is 2.29. The SMILES string of the molecule is Cc1cccc2c(N3CCC[C@H](C(=O)NCC4CC4)C3)ncnc12. The number of nitrogens with zero attached hydrogens (tertiary/aromatic N) is 3. The van der Waals surface area contributed by atoms with Crippen molar-refractivity contribution in [1.82, 2.24) is 15.3 Å². The predicted octanol–water partition coefficient (Wildman–Crippen LogP) is 2.68. The average molecular weight is 324 g/mol. The molecule has 1 saturated carbocycles. The van der Waals surface area contributed by atoms with E-state index in [1.807, 2.05) is 6.07 Å². The van der Waals surface area contributed by atoms with Gasteiger partial charge in [-0.3, -0.25) is 4.79 Å². The summed E-state index contributed by atoms with van der Waals surface area (Å²) >= 11 is 0. The maximum atomic E-state index is 12.5. The fourth-order valence-electron chi connectivity index (χ4n) is 3.57. The molecule has 4 rings (SSSR count). The van der Waals surface area contributed by atoms with Gasteiger partial charge < -0.3 is 10.2 Å². The van der Waals surface area contributed by atoms with Gasteiger partial charge in [0.25, 0.3) is 0 Å². The second kappa shape index (κ2) is 6.38. The van der Waals surface area contributed by atoms with Gasteiger partial charge in [0, 0.05) is 25.0 Å². The number of piperidine rings is 1. The molecule has 2 aliphatic rings. The standard InChI is InChI=1S/C19H24N4O/c1-13-4-2-6-16-17(13)21-12-22-18(16)23-9-3-5-15(11-23)19(24)20-10-14-7-8-14/h2,4,6,12,14-15H,3,5,7-11H2,1H3,(H,20,24)/t15-/m0/s1. The molecule has 1 atom stereocenters. The fourth-order valence-corrected chi connectivity index (χ4v) is 3.57. The Labute approximate surface area is 142 Å². The second-order valence-corrected chi connectivity index (χ2v) is 7.14. The fraction of sp³-hybridized carbons (Fsp3) is 0.526. The number of rotatable bonds is 4. The van der Waals surface area contributed by atoms with E-state index < -0.39 is 0 Å². The molecular weight excluding hydrogens is 300 g/mol. The van der Waals surface area contributed by atoms with Crippen molar-refractivity contribution in [3.05, 3.63) is 30.1 Å². The van der Waals surface area contributed by atoms with E-state index in [1.165, 1.54) is 12.8 Å². The van der Waals surface area contributed by atoms with E-state index in [2.05, 4.69) is 39.2 Å². The lowest BCUT2D eigenvalue weighted by atomic mass is 9.96. The molecule has 0 unspecified atom stereocenters. The zero-order valence-corrected chi connectivity index (χ0v) is 14.2. The molecule has 1 amide bonds. The lowest BCUT2D eigenvalue weighted by molar-refractivity contribution is -0.125. The Balaban J connectivity index is 1.53. The van der Waals surface area contributed by atoms with Gasteiger partial charge in [-0.15, -0.1) is 0 Å². The molecule has 5 nitrogen and oxygen atoms in total. The highest BCUT2D eigenvalue weighted by atomic mass is 16.1. The molecule has 1 aromatic heterocycles. The first-order valence-electron chi connectivity index (χ1n) is 8.95. The summed E-state index contributed by atoms with van der Waals surface area (Å²) < 4.78 is 0. The van der Waals surface area contributed by atoms with Gasteiger partial charge in [0.15, 0.2) is 0 Å². The first-order chi connectivity index (χ1) is 11.7. The van der Waals surface area contributed by atoms with E-state index in [1.54, 1.807) is 6.33 Å². The summed E-state index contributed by atoms with van der Waals surface area (Å²) in [5.74, 6) is 1.96. The van der Waals surface area contributed by atoms with Crippen LogP contribution in [-0.4, -0.2) is 35.5 Å². The molecule has 1 aromatic carbocycles. The van der Waals surface area contributed by atoms with Gasteiger partial charge >= 0.3 is 0 Å². The van der Waals surface area contributed by atoms with Crippen LogP contribution in [0.4, 0.5) is 5.82 Å². The van der Waals surface area contributed by atoms with Crippen molar-refractivity contribution < 1.29 is 4.79 Å². The van der Waals surface area contributed by atoms with Crippen LogP contribution in [0.1, 0.15) is 31.2 Å². The summed E-state index contributed by atoms with van der Waals surface area (Å²) in [5, 5.41) is 4.21. The van der Waals surface area contributed by atoms with E-state index in [-0.39, 0.29) is 11.8 Å². The van der Waals surface area contributed by atoms with Gasteiger partial charge in [0.05, 0.1) is 11.4 Å². The topological polar surface area (TPSA) is 58.1 Å². The van der Waals surface area contributed by atoms with E-state index >= 15 is 0 Å². The Bertz CT molecular complexity index is 756. The summed E-state index contributed by atoms with van der Waals surface area (Å²) in [7, 11) is 0. The number of carbonyl (C=O) groups excluding carboxylic acids is 1. The van der Waals surface area contributed by atoms with Crippen LogP contribution in [0.5, 0.6) is 0 Å². The van der Waals surface area contributed by atoms with Crippen LogP contribution < -0.4 is 10.2 Å². The smallest absolute Gasteiger partial charge is 0.224 e. The highest BCUT2D eigenvalue weighted by Crippen LogP contribution is 2.30. The minimum atomic E-state index is 0.0623. The molecule has 2 aromatic rings. The van der Waals surface area contributed by atoms with E-state index in [4.69, 9.17) is 0 Å². The van der Waals surface area contributed by atoms with Crippen LogP contribution in [0.25, 0.3) is 10.9 Å². The summed E-state index contributed by atoms with van der Waals surface area (Å²) in [5.41, 5.74) is 2.16. The minimum absolute atomic E-state index is 0.0623. The number of carbonyl (C=O) groups is 1. The number of benzene rings is 1. The Hall–Kier alpha value is -2.17. The summed E-state index contributed by atoms with van der Waals surface area (Å²) in [4.78, 5) is 23.7. The molecule has 5 heteroatoms. The molecule has 126 valence electrons. The van der Waals surface area contributed by atoms with Crippen molar-refractivity contribution in [2.75, 3.05) is 24.5 Å². The van der Waals surface area contributed by atoms with Crippen LogP contribution in [0.2, 0.25) is 0 Å². The molecule has 1 aliphatic carbocycles. The predicted molar refractivity (Wildman–Crippen MR) is 94.9 cm³/mol. The number of para-hydroxylation sites is 1. The molecular formula is C19H24N4O. The third-order valence-electron chi connectivity index (χ3n) is 5.20. The van der Waals surface area contributed by atoms with Crippen molar-refractivity contribution in [3.8, 4) is 0 Å². The molecule has 24 heavy (non-hydrogen) atoms. The van der Waals surface area contributed by atoms with Gasteiger partial charge in [-0.25, -0.2) is 9.97 Å². The van der Waals surface area contributed by atoms with Gasteiger partial charge in [-0.2, -0.15) is 0 Å². The Morgan fingerprint density at radius 3 is 3.00 bits per heavy atom. The largest absolute Gasteiger partial charge is 0.356 e. The zero-order chi connectivity index (χ0) is 16.5. The first-order valence-corrected chi connectivity index (χ1v) is 8.95. The van der Waals surface area contributed by atoms with Crippen LogP contribution >= 0.6 is 0 Å². The summed E-state index contributed by atoms with van der Waals surface area (Å²) in [6.45, 7) is 4.62. The quantitative estimate of drug-likeness (QED) is 0.939. The molecule has 0 radical (unpaired) electrons. The molecule has 1 aliphatic heterocycles. The van der Waals surface area contributed by atoms with Crippen molar-refractivity contribution >= 4 is 22.6 Å². The van der Waals surface area contributed by atoms with Crippen molar-refractivity contribution in [3.63, 3.8) is 0 Å². The molecule has 2 fully saturated rings. The van der Waals surface area contributed by atoms with E-state index in [0.29, 0.717) is 0 Å². The molecule has 1 N–H and O–H groups in total. The Kier molecular flexibility index (Phi) is 4.08. The molecule has 1 saturated heterocycles. The Morgan fingerprint density at radius 2 is 2.17 bits per heavy atom. The first kappa shape index (κ1) is 15.4. The third-order valence-corrected chi connectivity index (χ3v) is 5.20. The van der Waals surface area contributed by atoms with Crippen LogP contribution in [-0.2, 0) is 4.79 Å². The van der Waals surface area contributed by atoms with Gasteiger partial charge in [0.2, 0.25) is 5.91 Å². The maximum Gasteiger partial charge on any atom is 0.224 e. The van der Waals surface area contributed by atoms with Crippen molar-refractivity contribution in [2.45, 2.75) is 32.6 Å². The number of aromatic nitrogens is 2. The zero-order valence-electron chi connectivity index (χ0n) is 14.2. The normalized spacial score (nSPS) is 21.0. The number of hydrogen-bond donors (Lipinski definition) is 1. The summed E-state index contributed by atoms with van der Waals surface area (Å²) in [6.07, 6.45) is 6.17. The number of fused-ring (bicyclic) bond motifs is 1. The van der Waals surface area contributed by atoms with Crippen LogP contribution in [0.3, 0.4) is 0 Å². The number of anilines is 1. The lowest BCUT2D eigenvalue weighted by Crippen LogP contribution is -2.43. The van der Waals surface area contributed by atoms with Gasteiger partial charge in [0.1, 0.15) is 12.1 Å².